The van der Waals surface area contributed by atoms with Gasteiger partial charge in [-0.1, -0.05) is 29.8 Å². The van der Waals surface area contributed by atoms with Gasteiger partial charge in [-0.05, 0) is 54.1 Å². The number of carbonyl (C=O) groups is 1. The highest BCUT2D eigenvalue weighted by Gasteiger charge is 2.25. The van der Waals surface area contributed by atoms with Gasteiger partial charge in [0, 0.05) is 48.9 Å². The average Bonchev–Trinajstić information content (AvgIpc) is 2.84. The summed E-state index contributed by atoms with van der Waals surface area (Å²) in [6.45, 7) is 2.49. The van der Waals surface area contributed by atoms with E-state index in [0.717, 1.165) is 5.56 Å². The molecule has 4 nitrogen and oxygen atoms in total. The maximum atomic E-state index is 14.1. The topological polar surface area (TPSA) is 32.8 Å². The Balaban J connectivity index is 1.41. The van der Waals surface area contributed by atoms with Gasteiger partial charge in [0.1, 0.15) is 17.5 Å². The van der Waals surface area contributed by atoms with Crippen LogP contribution in [-0.2, 0) is 11.3 Å². The first-order valence-corrected chi connectivity index (χ1v) is 11.4. The lowest BCUT2D eigenvalue weighted by atomic mass is 10.1. The van der Waals surface area contributed by atoms with Crippen molar-refractivity contribution in [3.63, 3.8) is 0 Å². The van der Waals surface area contributed by atoms with Crippen molar-refractivity contribution in [1.82, 2.24) is 9.80 Å². The monoisotopic (exact) mass is 488 g/mol. The summed E-state index contributed by atoms with van der Waals surface area (Å²) in [5.74, 6) is -1.82. The Kier molecular flexibility index (Phi) is 7.88. The van der Waals surface area contributed by atoms with Crippen LogP contribution in [0.3, 0.4) is 0 Å². The van der Waals surface area contributed by atoms with Crippen molar-refractivity contribution >= 4 is 17.5 Å². The van der Waals surface area contributed by atoms with Gasteiger partial charge in [0.2, 0.25) is 0 Å². The molecule has 0 N–H and O–H groups in total. The largest absolute Gasteiger partial charge is 0.367 e. The van der Waals surface area contributed by atoms with Gasteiger partial charge in [-0.2, -0.15) is 0 Å². The molecule has 0 radical (unpaired) electrons. The summed E-state index contributed by atoms with van der Waals surface area (Å²) in [6, 6.07) is 16.4. The van der Waals surface area contributed by atoms with E-state index >= 15 is 0 Å². The second-order valence-electron chi connectivity index (χ2n) is 8.15. The minimum atomic E-state index is -0.650. The zero-order valence-corrected chi connectivity index (χ0v) is 19.1. The van der Waals surface area contributed by atoms with Crippen LogP contribution in [0.25, 0.3) is 0 Å². The van der Waals surface area contributed by atoms with Gasteiger partial charge in [0.25, 0.3) is 5.91 Å². The van der Waals surface area contributed by atoms with Gasteiger partial charge in [0.15, 0.2) is 0 Å². The van der Waals surface area contributed by atoms with E-state index in [4.69, 9.17) is 16.3 Å². The van der Waals surface area contributed by atoms with Crippen molar-refractivity contribution in [2.75, 3.05) is 32.7 Å². The molecule has 8 heteroatoms. The third-order valence-corrected chi connectivity index (χ3v) is 6.16. The highest BCUT2D eigenvalue weighted by molar-refractivity contribution is 6.30. The van der Waals surface area contributed by atoms with Crippen molar-refractivity contribution in [3.8, 4) is 0 Å². The molecule has 1 saturated heterocycles. The number of hydrogen-bond donors (Lipinski definition) is 0. The Hall–Kier alpha value is -2.87. The first-order valence-electron chi connectivity index (χ1n) is 11.0. The van der Waals surface area contributed by atoms with Crippen molar-refractivity contribution in [2.24, 2.45) is 0 Å². The van der Waals surface area contributed by atoms with E-state index in [-0.39, 0.29) is 23.9 Å². The minimum Gasteiger partial charge on any atom is -0.367 e. The summed E-state index contributed by atoms with van der Waals surface area (Å²) in [5, 5.41) is 0.579. The molecular formula is C26H24ClF3N2O2. The minimum absolute atomic E-state index is 0.115. The zero-order chi connectivity index (χ0) is 24.1. The number of halogens is 4. The Morgan fingerprint density at radius 3 is 2.12 bits per heavy atom. The van der Waals surface area contributed by atoms with Crippen LogP contribution < -0.4 is 0 Å². The fourth-order valence-electron chi connectivity index (χ4n) is 3.93. The quantitative estimate of drug-likeness (QED) is 0.442. The highest BCUT2D eigenvalue weighted by atomic mass is 35.5. The molecule has 0 unspecified atom stereocenters. The molecule has 1 amide bonds. The Morgan fingerprint density at radius 1 is 0.882 bits per heavy atom. The second-order valence-corrected chi connectivity index (χ2v) is 8.59. The molecular weight excluding hydrogens is 465 g/mol. The van der Waals surface area contributed by atoms with Crippen molar-refractivity contribution < 1.29 is 22.7 Å². The molecule has 0 aromatic heterocycles. The van der Waals surface area contributed by atoms with Crippen LogP contribution in [0.4, 0.5) is 13.2 Å². The molecule has 1 fully saturated rings. The third-order valence-electron chi connectivity index (χ3n) is 5.91. The lowest BCUT2D eigenvalue weighted by Crippen LogP contribution is -2.49. The number of ether oxygens (including phenoxy) is 1. The molecule has 3 aromatic rings. The molecule has 34 heavy (non-hydrogen) atoms. The molecule has 1 aliphatic heterocycles. The molecule has 4 rings (SSSR count). The lowest BCUT2D eigenvalue weighted by molar-refractivity contribution is 0.00145. The van der Waals surface area contributed by atoms with Gasteiger partial charge in [0.05, 0.1) is 12.7 Å². The second kappa shape index (κ2) is 11.0. The Bertz CT molecular complexity index is 1100. The molecule has 1 aliphatic rings. The normalized spacial score (nSPS) is 15.4. The van der Waals surface area contributed by atoms with E-state index in [1.54, 1.807) is 17.0 Å². The molecule has 178 valence electrons. The smallest absolute Gasteiger partial charge is 0.253 e. The number of benzene rings is 3. The standard InChI is InChI=1S/C26H24ClF3N2O2/c27-20-8-4-18(5-9-20)25(34-17-22-23(29)2-1-3-24(22)30)16-31-12-14-32(15-13-31)26(33)19-6-10-21(28)11-7-19/h1-11,25H,12-17H2/t25-/m0/s1. The maximum Gasteiger partial charge on any atom is 0.253 e. The summed E-state index contributed by atoms with van der Waals surface area (Å²) in [5.41, 5.74) is 1.17. The number of rotatable bonds is 7. The SMILES string of the molecule is O=C(c1ccc(F)cc1)N1CCN(C[C@H](OCc2c(F)cccc2F)c2ccc(Cl)cc2)CC1. The fourth-order valence-corrected chi connectivity index (χ4v) is 4.05. The van der Waals surface area contributed by atoms with Gasteiger partial charge in [-0.3, -0.25) is 9.69 Å². The molecule has 3 aromatic carbocycles. The van der Waals surface area contributed by atoms with Gasteiger partial charge < -0.3 is 9.64 Å². The predicted octanol–water partition coefficient (Wildman–Crippen LogP) is 5.47. The third kappa shape index (κ3) is 5.97. The van der Waals surface area contributed by atoms with Crippen molar-refractivity contribution in [2.45, 2.75) is 12.7 Å². The average molecular weight is 489 g/mol. The van der Waals surface area contributed by atoms with E-state index in [1.807, 2.05) is 12.1 Å². The summed E-state index contributed by atoms with van der Waals surface area (Å²) < 4.78 is 47.3. The fraction of sp³-hybridized carbons (Fsp3) is 0.269. The van der Waals surface area contributed by atoms with Crippen LogP contribution >= 0.6 is 11.6 Å². The molecule has 1 atom stereocenters. The Morgan fingerprint density at radius 2 is 1.50 bits per heavy atom. The van der Waals surface area contributed by atoms with Gasteiger partial charge >= 0.3 is 0 Å². The van der Waals surface area contributed by atoms with Gasteiger partial charge in [-0.25, -0.2) is 13.2 Å². The lowest BCUT2D eigenvalue weighted by Gasteiger charge is -2.36. The number of carbonyl (C=O) groups excluding carboxylic acids is 1. The first-order chi connectivity index (χ1) is 16.4. The summed E-state index contributed by atoms with van der Waals surface area (Å²) in [7, 11) is 0. The van der Waals surface area contributed by atoms with E-state index in [2.05, 4.69) is 4.90 Å². The Labute approximate surface area is 201 Å². The van der Waals surface area contributed by atoms with E-state index in [0.29, 0.717) is 43.3 Å². The maximum absolute atomic E-state index is 14.1. The van der Waals surface area contributed by atoms with E-state index < -0.39 is 17.7 Å². The summed E-state index contributed by atoms with van der Waals surface area (Å²) >= 11 is 6.02. The van der Waals surface area contributed by atoms with Crippen LogP contribution in [-0.4, -0.2) is 48.4 Å². The number of piperazine rings is 1. The van der Waals surface area contributed by atoms with Gasteiger partial charge in [-0.15, -0.1) is 0 Å². The summed E-state index contributed by atoms with van der Waals surface area (Å²) in [6.07, 6.45) is -0.448. The van der Waals surface area contributed by atoms with Crippen LogP contribution in [0.1, 0.15) is 27.6 Å². The van der Waals surface area contributed by atoms with E-state index in [1.165, 1.54) is 42.5 Å². The predicted molar refractivity (Wildman–Crippen MR) is 124 cm³/mol. The zero-order valence-electron chi connectivity index (χ0n) is 18.4. The van der Waals surface area contributed by atoms with Crippen LogP contribution in [0.15, 0.2) is 66.7 Å². The molecule has 1 heterocycles. The van der Waals surface area contributed by atoms with E-state index in [9.17, 15) is 18.0 Å². The number of nitrogens with zero attached hydrogens (tertiary/aromatic N) is 2. The molecule has 0 aliphatic carbocycles. The molecule has 0 saturated carbocycles. The van der Waals surface area contributed by atoms with Crippen molar-refractivity contribution in [3.05, 3.63) is 106 Å². The molecule has 0 bridgehead atoms. The van der Waals surface area contributed by atoms with Crippen LogP contribution in [0, 0.1) is 17.5 Å². The number of amides is 1. The first kappa shape index (κ1) is 24.3. The highest BCUT2D eigenvalue weighted by Crippen LogP contribution is 2.25. The van der Waals surface area contributed by atoms with Crippen molar-refractivity contribution in [1.29, 1.82) is 0 Å². The molecule has 0 spiro atoms. The van der Waals surface area contributed by atoms with Crippen LogP contribution in [0.5, 0.6) is 0 Å². The van der Waals surface area contributed by atoms with Crippen LogP contribution in [0.2, 0.25) is 5.02 Å². The number of hydrogen-bond acceptors (Lipinski definition) is 3. The summed E-state index contributed by atoms with van der Waals surface area (Å²) in [4.78, 5) is 16.6.